The first-order valence-corrected chi connectivity index (χ1v) is 8.42. The van der Waals surface area contributed by atoms with Crippen LogP contribution in [0.4, 0.5) is 5.69 Å². The molecule has 0 bridgehead atoms. The van der Waals surface area contributed by atoms with E-state index in [1.807, 2.05) is 32.0 Å². The fourth-order valence-corrected chi connectivity index (χ4v) is 3.03. The van der Waals surface area contributed by atoms with E-state index in [9.17, 15) is 9.59 Å². The van der Waals surface area contributed by atoms with Crippen LogP contribution in [0.2, 0.25) is 0 Å². The maximum absolute atomic E-state index is 12.5. The lowest BCUT2D eigenvalue weighted by molar-refractivity contribution is -0.144. The number of carbonyl (C=O) groups is 2. The zero-order chi connectivity index (χ0) is 18.0. The number of carbonyl (C=O) groups excluding carboxylic acids is 2. The third kappa shape index (κ3) is 3.87. The van der Waals surface area contributed by atoms with E-state index in [0.29, 0.717) is 30.5 Å². The smallest absolute Gasteiger partial charge is 0.313 e. The van der Waals surface area contributed by atoms with E-state index < -0.39 is 11.8 Å². The Morgan fingerprint density at radius 2 is 2.08 bits per heavy atom. The maximum Gasteiger partial charge on any atom is 0.313 e. The number of hydrogen-bond acceptors (Lipinski definition) is 5. The minimum atomic E-state index is -0.615. The van der Waals surface area contributed by atoms with Crippen LogP contribution in [-0.2, 0) is 9.59 Å². The fourth-order valence-electron chi connectivity index (χ4n) is 3.03. The lowest BCUT2D eigenvalue weighted by Crippen LogP contribution is -2.44. The number of nitrogens with one attached hydrogen (secondary N) is 1. The first-order chi connectivity index (χ1) is 11.9. The molecule has 7 heteroatoms. The lowest BCUT2D eigenvalue weighted by Gasteiger charge is -2.30. The van der Waals surface area contributed by atoms with Crippen molar-refractivity contribution in [3.63, 3.8) is 0 Å². The van der Waals surface area contributed by atoms with Crippen molar-refractivity contribution in [1.29, 1.82) is 0 Å². The number of nitrogens with zero attached hydrogens (tertiary/aromatic N) is 3. The van der Waals surface area contributed by atoms with Crippen LogP contribution in [0, 0.1) is 20.8 Å². The highest BCUT2D eigenvalue weighted by molar-refractivity contribution is 6.39. The van der Waals surface area contributed by atoms with Crippen LogP contribution in [0.5, 0.6) is 0 Å². The Morgan fingerprint density at radius 1 is 1.28 bits per heavy atom. The average Bonchev–Trinajstić information content (AvgIpc) is 3.04. The topological polar surface area (TPSA) is 88.3 Å². The maximum atomic E-state index is 12.5. The second-order valence-electron chi connectivity index (χ2n) is 6.54. The molecule has 0 radical (unpaired) electrons. The Morgan fingerprint density at radius 3 is 2.80 bits per heavy atom. The van der Waals surface area contributed by atoms with E-state index in [0.717, 1.165) is 24.0 Å². The molecule has 1 aliphatic heterocycles. The SMILES string of the molecule is Cc1ccc(C)c(NC(=O)C(=O)N2CCCC(c3nc(C)no3)C2)c1. The summed E-state index contributed by atoms with van der Waals surface area (Å²) in [6.07, 6.45) is 1.67. The van der Waals surface area contributed by atoms with Crippen LogP contribution < -0.4 is 5.32 Å². The molecule has 3 rings (SSSR count). The molecule has 1 saturated heterocycles. The Kier molecular flexibility index (Phi) is 4.83. The molecule has 0 aliphatic carbocycles. The van der Waals surface area contributed by atoms with Crippen molar-refractivity contribution in [2.75, 3.05) is 18.4 Å². The first kappa shape index (κ1) is 17.1. The molecule has 0 saturated carbocycles. The summed E-state index contributed by atoms with van der Waals surface area (Å²) >= 11 is 0. The second-order valence-corrected chi connectivity index (χ2v) is 6.54. The first-order valence-electron chi connectivity index (χ1n) is 8.42. The molecule has 1 aromatic carbocycles. The number of rotatable bonds is 2. The van der Waals surface area contributed by atoms with Crippen molar-refractivity contribution in [2.24, 2.45) is 0 Å². The van der Waals surface area contributed by atoms with E-state index in [1.165, 1.54) is 0 Å². The van der Waals surface area contributed by atoms with Gasteiger partial charge in [-0.2, -0.15) is 4.98 Å². The zero-order valence-corrected chi connectivity index (χ0v) is 14.7. The minimum Gasteiger partial charge on any atom is -0.339 e. The summed E-state index contributed by atoms with van der Waals surface area (Å²) in [7, 11) is 0. The van der Waals surface area contributed by atoms with Crippen molar-refractivity contribution in [1.82, 2.24) is 15.0 Å². The predicted octanol–water partition coefficient (Wildman–Crippen LogP) is 2.34. The van der Waals surface area contributed by atoms with E-state index >= 15 is 0 Å². The highest BCUT2D eigenvalue weighted by Crippen LogP contribution is 2.26. The van der Waals surface area contributed by atoms with E-state index in [2.05, 4.69) is 15.5 Å². The lowest BCUT2D eigenvalue weighted by atomic mass is 9.98. The van der Waals surface area contributed by atoms with Gasteiger partial charge in [0.2, 0.25) is 5.89 Å². The average molecular weight is 342 g/mol. The van der Waals surface area contributed by atoms with Gasteiger partial charge in [-0.3, -0.25) is 9.59 Å². The number of aryl methyl sites for hydroxylation is 3. The van der Waals surface area contributed by atoms with Crippen molar-refractivity contribution in [3.8, 4) is 0 Å². The third-order valence-electron chi connectivity index (χ3n) is 4.44. The van der Waals surface area contributed by atoms with Gasteiger partial charge < -0.3 is 14.7 Å². The van der Waals surface area contributed by atoms with E-state index in [1.54, 1.807) is 11.8 Å². The summed E-state index contributed by atoms with van der Waals surface area (Å²) in [6.45, 7) is 6.58. The van der Waals surface area contributed by atoms with Crippen molar-refractivity contribution >= 4 is 17.5 Å². The molecule has 2 amide bonds. The summed E-state index contributed by atoms with van der Waals surface area (Å²) in [5, 5.41) is 6.53. The molecule has 1 N–H and O–H groups in total. The second kappa shape index (κ2) is 7.04. The molecule has 1 fully saturated rings. The largest absolute Gasteiger partial charge is 0.339 e. The Bertz CT molecular complexity index is 799. The standard InChI is InChI=1S/C18H22N4O3/c1-11-6-7-12(2)15(9-11)20-16(23)18(24)22-8-4-5-14(10-22)17-19-13(3)21-25-17/h6-7,9,14H,4-5,8,10H2,1-3H3,(H,20,23). The van der Waals surface area contributed by atoms with Gasteiger partial charge >= 0.3 is 11.8 Å². The molecule has 2 heterocycles. The normalized spacial score (nSPS) is 17.4. The summed E-state index contributed by atoms with van der Waals surface area (Å²) in [6, 6.07) is 5.75. The van der Waals surface area contributed by atoms with Crippen LogP contribution in [-0.4, -0.2) is 39.9 Å². The van der Waals surface area contributed by atoms with E-state index in [4.69, 9.17) is 4.52 Å². The van der Waals surface area contributed by atoms with Crippen LogP contribution in [0.15, 0.2) is 22.7 Å². The zero-order valence-electron chi connectivity index (χ0n) is 14.7. The van der Waals surface area contributed by atoms with Crippen molar-refractivity contribution < 1.29 is 14.1 Å². The highest BCUT2D eigenvalue weighted by atomic mass is 16.5. The number of amides is 2. The molecule has 1 unspecified atom stereocenters. The molecule has 2 aromatic rings. The Balaban J connectivity index is 1.67. The number of piperidine rings is 1. The van der Waals surface area contributed by atoms with Crippen LogP contribution in [0.3, 0.4) is 0 Å². The van der Waals surface area contributed by atoms with Crippen LogP contribution >= 0.6 is 0 Å². The highest BCUT2D eigenvalue weighted by Gasteiger charge is 2.31. The van der Waals surface area contributed by atoms with Gasteiger partial charge in [-0.05, 0) is 50.8 Å². The number of aromatic nitrogens is 2. The molecule has 1 atom stereocenters. The van der Waals surface area contributed by atoms with Gasteiger partial charge in [0, 0.05) is 18.8 Å². The summed E-state index contributed by atoms with van der Waals surface area (Å²) in [5.41, 5.74) is 2.61. The van der Waals surface area contributed by atoms with Gasteiger partial charge in [0.1, 0.15) is 0 Å². The van der Waals surface area contributed by atoms with Gasteiger partial charge in [0.15, 0.2) is 5.82 Å². The molecule has 1 aromatic heterocycles. The summed E-state index contributed by atoms with van der Waals surface area (Å²) < 4.78 is 5.22. The quantitative estimate of drug-likeness (QED) is 0.846. The minimum absolute atomic E-state index is 0.0209. The molecule has 132 valence electrons. The number of benzene rings is 1. The van der Waals surface area contributed by atoms with Gasteiger partial charge in [-0.15, -0.1) is 0 Å². The van der Waals surface area contributed by atoms with Gasteiger partial charge in [0.05, 0.1) is 5.92 Å². The molecular weight excluding hydrogens is 320 g/mol. The fraction of sp³-hybridized carbons (Fsp3) is 0.444. The van der Waals surface area contributed by atoms with Gasteiger partial charge in [-0.1, -0.05) is 17.3 Å². The Labute approximate surface area is 146 Å². The monoisotopic (exact) mass is 342 g/mol. The molecule has 7 nitrogen and oxygen atoms in total. The van der Waals surface area contributed by atoms with E-state index in [-0.39, 0.29) is 5.92 Å². The van der Waals surface area contributed by atoms with Crippen molar-refractivity contribution in [2.45, 2.75) is 39.5 Å². The summed E-state index contributed by atoms with van der Waals surface area (Å²) in [5.74, 6) is -0.0543. The summed E-state index contributed by atoms with van der Waals surface area (Å²) in [4.78, 5) is 30.7. The van der Waals surface area contributed by atoms with Crippen LogP contribution in [0.1, 0.15) is 41.6 Å². The third-order valence-corrected chi connectivity index (χ3v) is 4.44. The molecule has 25 heavy (non-hydrogen) atoms. The van der Waals surface area contributed by atoms with Gasteiger partial charge in [0.25, 0.3) is 0 Å². The van der Waals surface area contributed by atoms with Crippen molar-refractivity contribution in [3.05, 3.63) is 41.0 Å². The number of anilines is 1. The Hall–Kier alpha value is -2.70. The molecule has 0 spiro atoms. The molecular formula is C18H22N4O3. The number of hydrogen-bond donors (Lipinski definition) is 1. The number of likely N-dealkylation sites (tertiary alicyclic amines) is 1. The van der Waals surface area contributed by atoms with Crippen LogP contribution in [0.25, 0.3) is 0 Å². The molecule has 1 aliphatic rings. The predicted molar refractivity (Wildman–Crippen MR) is 92.1 cm³/mol. The van der Waals surface area contributed by atoms with Gasteiger partial charge in [-0.25, -0.2) is 0 Å².